The molecule has 5 heterocycles. The van der Waals surface area contributed by atoms with Crippen LogP contribution in [0.4, 0.5) is 20.4 Å². The zero-order valence-electron chi connectivity index (χ0n) is 58.2. The number of hydrogen-bond acceptors (Lipinski definition) is 18. The lowest BCUT2D eigenvalue weighted by atomic mass is 9.39. The van der Waals surface area contributed by atoms with Gasteiger partial charge in [-0.05, 0) is 153 Å². The van der Waals surface area contributed by atoms with E-state index in [0.717, 1.165) is 52.9 Å². The average Bonchev–Trinajstić information content (AvgIpc) is 0.895. The number of thiazole rings is 1. The third-order valence-corrected chi connectivity index (χ3v) is 21.7. The van der Waals surface area contributed by atoms with Crippen molar-refractivity contribution >= 4 is 107 Å². The van der Waals surface area contributed by atoms with E-state index in [2.05, 4.69) is 45.1 Å². The van der Waals surface area contributed by atoms with Crippen LogP contribution in [0.3, 0.4) is 0 Å². The second-order valence-electron chi connectivity index (χ2n) is 29.0. The number of nitrogens with zero attached hydrogens (tertiary/aromatic N) is 7. The van der Waals surface area contributed by atoms with E-state index in [1.807, 2.05) is 35.9 Å². The molecule has 3 aromatic carbocycles. The van der Waals surface area contributed by atoms with Crippen LogP contribution in [0.15, 0.2) is 109 Å². The Hall–Kier alpha value is -9.84. The van der Waals surface area contributed by atoms with Crippen LogP contribution in [0.25, 0.3) is 43.5 Å². The summed E-state index contributed by atoms with van der Waals surface area (Å²) in [6.45, 7) is 10.3. The van der Waals surface area contributed by atoms with Gasteiger partial charge < -0.3 is 41.2 Å². The van der Waals surface area contributed by atoms with E-state index in [9.17, 15) is 61.2 Å². The number of para-hydroxylation sites is 1. The Morgan fingerprint density at radius 2 is 1.55 bits per heavy atom. The molecule has 27 nitrogen and oxygen atoms in total. The van der Waals surface area contributed by atoms with Gasteiger partial charge in [0, 0.05) is 103 Å². The minimum absolute atomic E-state index is 0.0243. The molecule has 7 aromatic rings. The standard InChI is InChI=1S/C74H86N12O15S2/c1-45(2)63(82-60(88)15-7-6-10-29-85-61(89)24-25-62(85)90)58(87)35-49(12-11-27-77-68(75)95)65(91)79-50-19-16-47(17-20-50)37-100-70(96)84(31-33-103(97,98)99)30-32-101-74-41-71(4)38-72(5,42-74)40-73(39-71,43-74)44-86-46(3)54(36-78-86)51-21-23-55(80-64(51)67(93)94)48-18-22-56-53(34-48)52(26-28-76-56)66(92)83-69-81-57-13-8-9-14-59(57)102-69/h8-9,13-14,16-26,28,34,36,45,49,63H,6-7,10-12,15,27,29-33,35,37-44H2,1-5H3,(H,79,91)(H,82,88)(H,93,94)(H3,75,77,95)(H,81,83,92)(H,97,98,99)/t49-,63+,71?,72?,73?,74?/m1/s1. The SMILES string of the molecule is Cc1c(-c2ccc(-c3ccc4nccc(C(=O)Nc5nc6ccccc6s5)c4c3)nc2C(=O)O)cnn1CC12CC3(C)CC(C)(C1)CC(OCCN(CCS(=O)(=O)O)C(=O)OCc1ccc(NC(=O)[C@H](CCCNC(N)=O)CC(=O)[C@@H](NC(=O)CCCCCN4C(=O)C=CC4=O)C(C)C)cc1)(C3)C2. The van der Waals surface area contributed by atoms with Gasteiger partial charge in [0.05, 0.1) is 57.2 Å². The van der Waals surface area contributed by atoms with Crippen molar-refractivity contribution in [3.05, 3.63) is 132 Å². The quantitative estimate of drug-likeness (QED) is 0.0114. The molecule has 1 aliphatic heterocycles. The largest absolute Gasteiger partial charge is 0.476 e. The maximum Gasteiger partial charge on any atom is 0.410 e. The first-order valence-corrected chi connectivity index (χ1v) is 37.0. The second kappa shape index (κ2) is 31.0. The summed E-state index contributed by atoms with van der Waals surface area (Å²) in [5.41, 5.74) is 9.20. The van der Waals surface area contributed by atoms with Crippen LogP contribution < -0.4 is 27.0 Å². The van der Waals surface area contributed by atoms with Crippen molar-refractivity contribution in [3.8, 4) is 22.4 Å². The monoisotopic (exact) mass is 1450 g/mol. The van der Waals surface area contributed by atoms with E-state index in [1.165, 1.54) is 28.4 Å². The molecule has 0 saturated heterocycles. The third kappa shape index (κ3) is 18.2. The molecule has 12 rings (SSSR count). The van der Waals surface area contributed by atoms with Crippen molar-refractivity contribution in [2.45, 2.75) is 143 Å². The second-order valence-corrected chi connectivity index (χ2v) is 31.6. The number of aromatic carboxylic acids is 1. The first-order chi connectivity index (χ1) is 49.0. The minimum atomic E-state index is -4.51. The van der Waals surface area contributed by atoms with Crippen LogP contribution in [0.1, 0.15) is 143 Å². The minimum Gasteiger partial charge on any atom is -0.476 e. The number of carbonyl (C=O) groups is 9. The highest BCUT2D eigenvalue weighted by Gasteiger charge is 2.66. The highest BCUT2D eigenvalue weighted by Crippen LogP contribution is 2.72. The average molecular weight is 1450 g/mol. The maximum absolute atomic E-state index is 13.9. The number of carboxylic acids is 1. The van der Waals surface area contributed by atoms with E-state index in [1.54, 1.807) is 86.9 Å². The topological polar surface area (TPSA) is 384 Å². The molecule has 4 aliphatic carbocycles. The van der Waals surface area contributed by atoms with Crippen molar-refractivity contribution in [1.82, 2.24) is 45.2 Å². The van der Waals surface area contributed by atoms with Crippen LogP contribution >= 0.6 is 11.3 Å². The summed E-state index contributed by atoms with van der Waals surface area (Å²) >= 11 is 1.36. The van der Waals surface area contributed by atoms with Gasteiger partial charge in [-0.2, -0.15) is 13.5 Å². The van der Waals surface area contributed by atoms with Gasteiger partial charge in [-0.15, -0.1) is 0 Å². The number of carboxylic acid groups (broad SMARTS) is 1. The van der Waals surface area contributed by atoms with Crippen LogP contribution in [0, 0.1) is 35.0 Å². The van der Waals surface area contributed by atoms with Gasteiger partial charge in [0.2, 0.25) is 11.8 Å². The molecule has 5 aliphatic rings. The predicted molar refractivity (Wildman–Crippen MR) is 385 cm³/mol. The first-order valence-electron chi connectivity index (χ1n) is 34.6. The lowest BCUT2D eigenvalue weighted by molar-refractivity contribution is -0.248. The van der Waals surface area contributed by atoms with Gasteiger partial charge in [-0.1, -0.05) is 75.8 Å². The number of fused-ring (bicyclic) bond motifs is 2. The summed E-state index contributed by atoms with van der Waals surface area (Å²) in [7, 11) is -4.51. The number of ether oxygens (including phenoxy) is 2. The van der Waals surface area contributed by atoms with Crippen molar-refractivity contribution < 1.29 is 70.7 Å². The number of Topliss-reactive ketones (excluding diaryl/α,β-unsaturated/α-hetero) is 1. The molecule has 0 spiro atoms. The number of anilines is 2. The summed E-state index contributed by atoms with van der Waals surface area (Å²) in [5.74, 6) is -5.53. The van der Waals surface area contributed by atoms with Crippen molar-refractivity contribution in [1.29, 1.82) is 0 Å². The number of ketones is 1. The first kappa shape index (κ1) is 74.4. The fraction of sp³-hybridized carbons (Fsp3) is 0.446. The number of primary amides is 1. The maximum atomic E-state index is 13.9. The van der Waals surface area contributed by atoms with E-state index in [4.69, 9.17) is 25.3 Å². The Bertz CT molecular complexity index is 4520. The summed E-state index contributed by atoms with van der Waals surface area (Å²) in [6, 6.07) is 22.8. The third-order valence-electron chi connectivity index (χ3n) is 20.0. The molecule has 4 fully saturated rings. The van der Waals surface area contributed by atoms with Gasteiger partial charge in [0.25, 0.3) is 27.8 Å². The van der Waals surface area contributed by atoms with E-state index >= 15 is 0 Å². The van der Waals surface area contributed by atoms with Crippen LogP contribution in [-0.4, -0.2) is 156 Å². The molecule has 8 N–H and O–H groups in total. The smallest absolute Gasteiger partial charge is 0.410 e. The molecular weight excluding hydrogens is 1360 g/mol. The molecular formula is C74H86N12O15S2. The van der Waals surface area contributed by atoms with Gasteiger partial charge in [0.15, 0.2) is 16.6 Å². The summed E-state index contributed by atoms with van der Waals surface area (Å²) in [5, 5.41) is 27.7. The highest BCUT2D eigenvalue weighted by atomic mass is 32.2. The van der Waals surface area contributed by atoms with Gasteiger partial charge in [-0.25, -0.2) is 24.4 Å². The number of amides is 8. The normalized spacial score (nSPS) is 20.3. The van der Waals surface area contributed by atoms with Crippen LogP contribution in [0.5, 0.6) is 0 Å². The Kier molecular flexibility index (Phi) is 22.4. The van der Waals surface area contributed by atoms with Crippen LogP contribution in [-0.2, 0) is 56.7 Å². The van der Waals surface area contributed by atoms with Crippen molar-refractivity contribution in [3.63, 3.8) is 0 Å². The fourth-order valence-electron chi connectivity index (χ4n) is 16.5. The summed E-state index contributed by atoms with van der Waals surface area (Å²) < 4.78 is 49.6. The van der Waals surface area contributed by atoms with Crippen molar-refractivity contribution in [2.24, 2.45) is 33.8 Å². The Labute approximate surface area is 599 Å². The number of imide groups is 1. The van der Waals surface area contributed by atoms with Gasteiger partial charge in [0.1, 0.15) is 6.61 Å². The Morgan fingerprint density at radius 1 is 0.816 bits per heavy atom. The number of nitrogens with one attached hydrogen (secondary N) is 4. The van der Waals surface area contributed by atoms with E-state index < -0.39 is 64.0 Å². The number of unbranched alkanes of at least 4 members (excludes halogenated alkanes) is 2. The summed E-state index contributed by atoms with van der Waals surface area (Å²) in [4.78, 5) is 133. The molecule has 4 bridgehead atoms. The molecule has 103 heavy (non-hydrogen) atoms. The zero-order valence-corrected chi connectivity index (χ0v) is 59.8. The lowest BCUT2D eigenvalue weighted by Crippen LogP contribution is -2.64. The number of hydrogen-bond donors (Lipinski definition) is 7. The lowest BCUT2D eigenvalue weighted by Gasteiger charge is -2.69. The fourth-order valence-corrected chi connectivity index (χ4v) is 17.8. The molecule has 8 amide bonds. The molecule has 2 unspecified atom stereocenters. The van der Waals surface area contributed by atoms with Gasteiger partial charge in [-0.3, -0.25) is 53.2 Å². The predicted octanol–water partition coefficient (Wildman–Crippen LogP) is 10.3. The molecule has 4 aromatic heterocycles. The number of nitrogens with two attached hydrogens (primary N) is 1. The molecule has 544 valence electrons. The van der Waals surface area contributed by atoms with Gasteiger partial charge >= 0.3 is 18.1 Å². The Balaban J connectivity index is 0.707. The molecule has 0 radical (unpaired) electrons. The molecule has 4 atom stereocenters. The molecule has 4 saturated carbocycles. The Morgan fingerprint density at radius 3 is 2.25 bits per heavy atom. The zero-order chi connectivity index (χ0) is 73.6. The van der Waals surface area contributed by atoms with Crippen LogP contribution in [0.2, 0.25) is 0 Å². The number of aromatic nitrogens is 5. The summed E-state index contributed by atoms with van der Waals surface area (Å²) in [6.07, 6.45) is 11.6. The van der Waals surface area contributed by atoms with E-state index in [0.29, 0.717) is 93.9 Å². The van der Waals surface area contributed by atoms with Crippen molar-refractivity contribution in [2.75, 3.05) is 49.2 Å². The number of urea groups is 1. The number of carbonyl (C=O) groups excluding carboxylic acids is 8. The van der Waals surface area contributed by atoms with E-state index in [-0.39, 0.29) is 109 Å². The molecule has 29 heteroatoms. The highest BCUT2D eigenvalue weighted by molar-refractivity contribution is 7.85. The number of rotatable bonds is 33. The number of pyridine rings is 2. The number of benzene rings is 3.